The van der Waals surface area contributed by atoms with Crippen molar-refractivity contribution in [1.82, 2.24) is 19.7 Å². The quantitative estimate of drug-likeness (QED) is 0.752. The summed E-state index contributed by atoms with van der Waals surface area (Å²) >= 11 is 0. The molecule has 3 aromatic heterocycles. The summed E-state index contributed by atoms with van der Waals surface area (Å²) in [4.78, 5) is 22.9. The van der Waals surface area contributed by atoms with Crippen molar-refractivity contribution >= 4 is 28.3 Å². The lowest BCUT2D eigenvalue weighted by Crippen LogP contribution is -2.45. The molecule has 1 aliphatic heterocycles. The molecule has 0 unspecified atom stereocenters. The molecule has 1 aliphatic rings. The number of nitrogens with zero attached hydrogens (tertiary/aromatic N) is 5. The van der Waals surface area contributed by atoms with Crippen LogP contribution in [0.5, 0.6) is 0 Å². The number of aryl methyl sites for hydroxylation is 1. The van der Waals surface area contributed by atoms with Crippen molar-refractivity contribution in [1.29, 1.82) is 0 Å². The topological polar surface area (TPSA) is 85.2 Å². The Morgan fingerprint density at radius 2 is 1.96 bits per heavy atom. The lowest BCUT2D eigenvalue weighted by Gasteiger charge is -2.37. The predicted octanol–water partition coefficient (Wildman–Crippen LogP) is 2.60. The molecule has 28 heavy (non-hydrogen) atoms. The van der Waals surface area contributed by atoms with E-state index in [1.54, 1.807) is 16.9 Å². The van der Waals surface area contributed by atoms with Gasteiger partial charge >= 0.3 is 0 Å². The van der Waals surface area contributed by atoms with Crippen LogP contribution in [0.25, 0.3) is 22.2 Å². The first kappa shape index (κ1) is 18.4. The van der Waals surface area contributed by atoms with Gasteiger partial charge in [0.05, 0.1) is 35.3 Å². The third-order valence-electron chi connectivity index (χ3n) is 4.72. The SMILES string of the molecule is CC(=O)Nc1cc2nc(-c3cnn(C)c3)c(N3C[C@@H](C)O[C@@H](C)C3)cc2cn1. The van der Waals surface area contributed by atoms with Crippen LogP contribution in [0.4, 0.5) is 11.5 Å². The Balaban J connectivity index is 1.85. The molecule has 1 fully saturated rings. The molecule has 1 amide bonds. The maximum Gasteiger partial charge on any atom is 0.222 e. The summed E-state index contributed by atoms with van der Waals surface area (Å²) in [6.07, 6.45) is 5.81. The van der Waals surface area contributed by atoms with E-state index in [1.165, 1.54) is 6.92 Å². The number of ether oxygens (including phenoxy) is 1. The second kappa shape index (κ2) is 7.20. The number of pyridine rings is 2. The zero-order chi connectivity index (χ0) is 19.8. The van der Waals surface area contributed by atoms with Crippen LogP contribution in [0.1, 0.15) is 20.8 Å². The van der Waals surface area contributed by atoms with Crippen LogP contribution < -0.4 is 10.2 Å². The van der Waals surface area contributed by atoms with Gasteiger partial charge in [0.25, 0.3) is 0 Å². The summed E-state index contributed by atoms with van der Waals surface area (Å²) in [6, 6.07) is 3.91. The molecule has 0 spiro atoms. The smallest absolute Gasteiger partial charge is 0.222 e. The average molecular weight is 380 g/mol. The predicted molar refractivity (Wildman–Crippen MR) is 108 cm³/mol. The first-order chi connectivity index (χ1) is 13.4. The summed E-state index contributed by atoms with van der Waals surface area (Å²) in [5.41, 5.74) is 3.62. The summed E-state index contributed by atoms with van der Waals surface area (Å²) < 4.78 is 7.67. The molecular formula is C20H24N6O2. The van der Waals surface area contributed by atoms with Gasteiger partial charge in [-0.2, -0.15) is 5.10 Å². The van der Waals surface area contributed by atoms with Gasteiger partial charge in [-0.3, -0.25) is 9.48 Å². The Labute approximate surface area is 163 Å². The van der Waals surface area contributed by atoms with E-state index in [2.05, 4.69) is 40.2 Å². The third-order valence-corrected chi connectivity index (χ3v) is 4.72. The molecule has 8 heteroatoms. The summed E-state index contributed by atoms with van der Waals surface area (Å²) in [5, 5.41) is 7.95. The second-order valence-electron chi connectivity index (χ2n) is 7.36. The number of nitrogens with one attached hydrogen (secondary N) is 1. The molecule has 4 rings (SSSR count). The van der Waals surface area contributed by atoms with Crippen LogP contribution in [0.3, 0.4) is 0 Å². The largest absolute Gasteiger partial charge is 0.372 e. The van der Waals surface area contributed by atoms with Gasteiger partial charge in [0, 0.05) is 56.5 Å². The Hall–Kier alpha value is -3.00. The van der Waals surface area contributed by atoms with Crippen molar-refractivity contribution in [3.63, 3.8) is 0 Å². The summed E-state index contributed by atoms with van der Waals surface area (Å²) in [6.45, 7) is 7.22. The molecule has 4 heterocycles. The number of carbonyl (C=O) groups excluding carboxylic acids is 1. The highest BCUT2D eigenvalue weighted by atomic mass is 16.5. The molecule has 0 bridgehead atoms. The summed E-state index contributed by atoms with van der Waals surface area (Å²) in [7, 11) is 1.89. The maximum atomic E-state index is 11.4. The molecule has 0 aliphatic carbocycles. The molecule has 2 atom stereocenters. The molecule has 0 aromatic carbocycles. The minimum Gasteiger partial charge on any atom is -0.372 e. The molecule has 1 saturated heterocycles. The molecule has 8 nitrogen and oxygen atoms in total. The fraction of sp³-hybridized carbons (Fsp3) is 0.400. The second-order valence-corrected chi connectivity index (χ2v) is 7.36. The summed E-state index contributed by atoms with van der Waals surface area (Å²) in [5.74, 6) is 0.332. The van der Waals surface area contributed by atoms with E-state index in [-0.39, 0.29) is 18.1 Å². The van der Waals surface area contributed by atoms with Gasteiger partial charge in [0.15, 0.2) is 0 Å². The van der Waals surface area contributed by atoms with Gasteiger partial charge in [-0.05, 0) is 19.9 Å². The van der Waals surface area contributed by atoms with E-state index in [1.807, 2.05) is 19.4 Å². The van der Waals surface area contributed by atoms with Gasteiger partial charge in [-0.1, -0.05) is 0 Å². The van der Waals surface area contributed by atoms with Crippen LogP contribution >= 0.6 is 0 Å². The third kappa shape index (κ3) is 3.68. The van der Waals surface area contributed by atoms with Crippen molar-refractivity contribution < 1.29 is 9.53 Å². The Kier molecular flexibility index (Phi) is 4.72. The van der Waals surface area contributed by atoms with Crippen molar-refractivity contribution in [2.45, 2.75) is 33.0 Å². The van der Waals surface area contributed by atoms with E-state index in [0.717, 1.165) is 40.9 Å². The number of carbonyl (C=O) groups is 1. The van der Waals surface area contributed by atoms with Crippen molar-refractivity contribution in [3.8, 4) is 11.3 Å². The van der Waals surface area contributed by atoms with Crippen LogP contribution in [0.2, 0.25) is 0 Å². The van der Waals surface area contributed by atoms with Gasteiger partial charge in [0.2, 0.25) is 5.91 Å². The normalized spacial score (nSPS) is 19.8. The van der Waals surface area contributed by atoms with Crippen LogP contribution in [-0.4, -0.2) is 51.0 Å². The molecular weight excluding hydrogens is 356 g/mol. The number of morpholine rings is 1. The zero-order valence-corrected chi connectivity index (χ0v) is 16.5. The number of amides is 1. The number of fused-ring (bicyclic) bond motifs is 1. The van der Waals surface area contributed by atoms with Gasteiger partial charge < -0.3 is 15.0 Å². The van der Waals surface area contributed by atoms with Gasteiger partial charge in [-0.15, -0.1) is 0 Å². The van der Waals surface area contributed by atoms with Crippen LogP contribution in [0.15, 0.2) is 30.7 Å². The number of hydrogen-bond donors (Lipinski definition) is 1. The Morgan fingerprint density at radius 1 is 1.21 bits per heavy atom. The minimum atomic E-state index is -0.160. The highest BCUT2D eigenvalue weighted by Gasteiger charge is 2.25. The Bertz CT molecular complexity index is 1020. The monoisotopic (exact) mass is 380 g/mol. The van der Waals surface area contributed by atoms with E-state index in [9.17, 15) is 4.79 Å². The lowest BCUT2D eigenvalue weighted by molar-refractivity contribution is -0.114. The standard InChI is InChI=1S/C20H24N6O2/c1-12-9-26(10-13(2)28-12)18-5-15-7-21-19(23-14(3)27)6-17(15)24-20(18)16-8-22-25(4)11-16/h5-8,11-13H,9-10H2,1-4H3,(H,21,23,27)/t12-,13+. The van der Waals surface area contributed by atoms with Crippen LogP contribution in [0, 0.1) is 0 Å². The first-order valence-corrected chi connectivity index (χ1v) is 9.37. The number of anilines is 2. The number of rotatable bonds is 3. The average Bonchev–Trinajstić information content (AvgIpc) is 3.05. The maximum absolute atomic E-state index is 11.4. The van der Waals surface area contributed by atoms with E-state index < -0.39 is 0 Å². The molecule has 0 radical (unpaired) electrons. The van der Waals surface area contributed by atoms with Crippen molar-refractivity contribution in [2.75, 3.05) is 23.3 Å². The van der Waals surface area contributed by atoms with Crippen molar-refractivity contribution in [3.05, 3.63) is 30.7 Å². The van der Waals surface area contributed by atoms with E-state index in [0.29, 0.717) is 5.82 Å². The molecule has 1 N–H and O–H groups in total. The fourth-order valence-corrected chi connectivity index (χ4v) is 3.68. The molecule has 3 aromatic rings. The van der Waals surface area contributed by atoms with Crippen molar-refractivity contribution in [2.24, 2.45) is 7.05 Å². The van der Waals surface area contributed by atoms with E-state index in [4.69, 9.17) is 9.72 Å². The van der Waals surface area contributed by atoms with Crippen LogP contribution in [-0.2, 0) is 16.6 Å². The lowest BCUT2D eigenvalue weighted by atomic mass is 10.1. The number of hydrogen-bond acceptors (Lipinski definition) is 6. The fourth-order valence-electron chi connectivity index (χ4n) is 3.68. The van der Waals surface area contributed by atoms with Gasteiger partial charge in [0.1, 0.15) is 5.82 Å². The molecule has 146 valence electrons. The minimum absolute atomic E-state index is 0.140. The highest BCUT2D eigenvalue weighted by Crippen LogP contribution is 2.34. The highest BCUT2D eigenvalue weighted by molar-refractivity contribution is 5.93. The van der Waals surface area contributed by atoms with Gasteiger partial charge in [-0.25, -0.2) is 9.97 Å². The molecule has 0 saturated carbocycles. The Morgan fingerprint density at radius 3 is 2.61 bits per heavy atom. The van der Waals surface area contributed by atoms with E-state index >= 15 is 0 Å². The zero-order valence-electron chi connectivity index (χ0n) is 16.5. The number of aromatic nitrogens is 4. The first-order valence-electron chi connectivity index (χ1n) is 9.37.